The molecule has 0 bridgehead atoms. The average Bonchev–Trinajstić information content (AvgIpc) is 3.06. The second-order valence-corrected chi connectivity index (χ2v) is 8.49. The third-order valence-corrected chi connectivity index (χ3v) is 6.74. The molecular formula is C25H30F2. The lowest BCUT2D eigenvalue weighted by Crippen LogP contribution is -2.14. The molecule has 0 N–H and O–H groups in total. The highest BCUT2D eigenvalue weighted by Crippen LogP contribution is 2.44. The highest BCUT2D eigenvalue weighted by molar-refractivity contribution is 5.78. The van der Waals surface area contributed by atoms with E-state index < -0.39 is 0 Å². The first-order valence-corrected chi connectivity index (χ1v) is 10.8. The minimum Gasteiger partial charge on any atom is -0.206 e. The Morgan fingerprint density at radius 1 is 0.815 bits per heavy atom. The zero-order chi connectivity index (χ0) is 19.0. The van der Waals surface area contributed by atoms with Gasteiger partial charge in [-0.05, 0) is 66.2 Å². The number of rotatable bonds is 5. The molecule has 0 radical (unpaired) electrons. The molecule has 0 spiro atoms. The van der Waals surface area contributed by atoms with Crippen molar-refractivity contribution in [2.75, 3.05) is 0 Å². The van der Waals surface area contributed by atoms with Crippen LogP contribution in [0.15, 0.2) is 24.3 Å². The lowest BCUT2D eigenvalue weighted by atomic mass is 9.76. The number of hydrogen-bond acceptors (Lipinski definition) is 0. The highest BCUT2D eigenvalue weighted by atomic mass is 19.1. The van der Waals surface area contributed by atoms with E-state index in [1.54, 1.807) is 0 Å². The van der Waals surface area contributed by atoms with Gasteiger partial charge in [0.25, 0.3) is 0 Å². The molecule has 1 saturated carbocycles. The van der Waals surface area contributed by atoms with E-state index in [4.69, 9.17) is 0 Å². The van der Waals surface area contributed by atoms with E-state index in [2.05, 4.69) is 13.8 Å². The summed E-state index contributed by atoms with van der Waals surface area (Å²) in [7, 11) is 0. The van der Waals surface area contributed by atoms with Crippen molar-refractivity contribution in [1.82, 2.24) is 0 Å². The maximum Gasteiger partial charge on any atom is 0.130 e. The van der Waals surface area contributed by atoms with E-state index in [0.29, 0.717) is 23.5 Å². The van der Waals surface area contributed by atoms with Crippen LogP contribution >= 0.6 is 0 Å². The van der Waals surface area contributed by atoms with Crippen LogP contribution in [0, 0.1) is 17.6 Å². The van der Waals surface area contributed by atoms with Crippen molar-refractivity contribution < 1.29 is 8.78 Å². The Balaban J connectivity index is 1.61. The lowest BCUT2D eigenvalue weighted by molar-refractivity contribution is 0.304. The molecule has 4 rings (SSSR count). The second kappa shape index (κ2) is 7.73. The molecule has 0 aromatic heterocycles. The topological polar surface area (TPSA) is 0 Å². The van der Waals surface area contributed by atoms with Gasteiger partial charge in [0.05, 0.1) is 0 Å². The smallest absolute Gasteiger partial charge is 0.130 e. The summed E-state index contributed by atoms with van der Waals surface area (Å²) in [4.78, 5) is 0. The van der Waals surface area contributed by atoms with Gasteiger partial charge >= 0.3 is 0 Å². The molecule has 1 fully saturated rings. The number of aryl methyl sites for hydroxylation is 1. The molecule has 2 aliphatic rings. The quantitative estimate of drug-likeness (QED) is 0.436. The summed E-state index contributed by atoms with van der Waals surface area (Å²) in [5, 5.41) is 0. The molecule has 2 aliphatic carbocycles. The van der Waals surface area contributed by atoms with Gasteiger partial charge in [0.2, 0.25) is 0 Å². The fourth-order valence-electron chi connectivity index (χ4n) is 5.28. The van der Waals surface area contributed by atoms with Gasteiger partial charge in [-0.3, -0.25) is 0 Å². The van der Waals surface area contributed by atoms with Crippen LogP contribution in [0.5, 0.6) is 0 Å². The van der Waals surface area contributed by atoms with Gasteiger partial charge in [-0.15, -0.1) is 0 Å². The molecular weight excluding hydrogens is 338 g/mol. The van der Waals surface area contributed by atoms with Crippen molar-refractivity contribution in [3.8, 4) is 11.1 Å². The summed E-state index contributed by atoms with van der Waals surface area (Å²) in [5.41, 5.74) is 4.82. The third kappa shape index (κ3) is 3.32. The number of halogens is 2. The summed E-state index contributed by atoms with van der Waals surface area (Å²) in [6, 6.07) is 7.89. The van der Waals surface area contributed by atoms with Crippen LogP contribution in [-0.4, -0.2) is 0 Å². The fourth-order valence-corrected chi connectivity index (χ4v) is 5.28. The maximum atomic E-state index is 15.4. The summed E-state index contributed by atoms with van der Waals surface area (Å²) in [6.45, 7) is 4.30. The second-order valence-electron chi connectivity index (χ2n) is 8.49. The Kier molecular flexibility index (Phi) is 5.34. The molecule has 0 saturated heterocycles. The zero-order valence-corrected chi connectivity index (χ0v) is 16.6. The molecule has 0 heterocycles. The maximum absolute atomic E-state index is 15.4. The lowest BCUT2D eigenvalue weighted by Gasteiger charge is -2.29. The minimum absolute atomic E-state index is 0.0703. The summed E-state index contributed by atoms with van der Waals surface area (Å²) >= 11 is 0. The highest BCUT2D eigenvalue weighted by Gasteiger charge is 2.30. The van der Waals surface area contributed by atoms with Crippen molar-refractivity contribution in [3.05, 3.63) is 58.2 Å². The van der Waals surface area contributed by atoms with Crippen LogP contribution < -0.4 is 0 Å². The Morgan fingerprint density at radius 2 is 1.48 bits per heavy atom. The van der Waals surface area contributed by atoms with E-state index in [9.17, 15) is 4.39 Å². The van der Waals surface area contributed by atoms with Gasteiger partial charge in [0, 0.05) is 17.5 Å². The van der Waals surface area contributed by atoms with Crippen LogP contribution in [0.2, 0.25) is 0 Å². The molecule has 0 unspecified atom stereocenters. The molecule has 0 atom stereocenters. The van der Waals surface area contributed by atoms with Crippen molar-refractivity contribution in [3.63, 3.8) is 0 Å². The Labute approximate surface area is 162 Å². The van der Waals surface area contributed by atoms with Crippen molar-refractivity contribution >= 4 is 0 Å². The predicted molar refractivity (Wildman–Crippen MR) is 108 cm³/mol. The van der Waals surface area contributed by atoms with Gasteiger partial charge in [-0.25, -0.2) is 8.78 Å². The summed E-state index contributed by atoms with van der Waals surface area (Å²) < 4.78 is 30.3. The van der Waals surface area contributed by atoms with E-state index >= 15 is 4.39 Å². The third-order valence-electron chi connectivity index (χ3n) is 6.74. The Bertz CT molecular complexity index is 829. The van der Waals surface area contributed by atoms with Crippen molar-refractivity contribution in [2.24, 2.45) is 5.92 Å². The zero-order valence-electron chi connectivity index (χ0n) is 16.6. The normalized spacial score (nSPS) is 21.2. The van der Waals surface area contributed by atoms with E-state index in [0.717, 1.165) is 53.9 Å². The molecule has 0 nitrogen and oxygen atoms in total. The molecule has 2 aromatic rings. The van der Waals surface area contributed by atoms with Gasteiger partial charge in [0.15, 0.2) is 0 Å². The SMILES string of the molecule is CCCc1ccc2c(c1F)Cc1c-2ccc([C@H]2CC[C@H](CCC)CC2)c1F. The fraction of sp³-hybridized carbons (Fsp3) is 0.520. The van der Waals surface area contributed by atoms with Crippen LogP contribution in [0.1, 0.15) is 87.0 Å². The molecule has 0 amide bonds. The molecule has 2 aromatic carbocycles. The number of fused-ring (bicyclic) bond motifs is 3. The van der Waals surface area contributed by atoms with E-state index in [1.807, 2.05) is 24.3 Å². The van der Waals surface area contributed by atoms with Gasteiger partial charge < -0.3 is 0 Å². The summed E-state index contributed by atoms with van der Waals surface area (Å²) in [6.07, 6.45) is 9.20. The van der Waals surface area contributed by atoms with E-state index in [-0.39, 0.29) is 11.6 Å². The van der Waals surface area contributed by atoms with Crippen LogP contribution in [0.25, 0.3) is 11.1 Å². The molecule has 144 valence electrons. The van der Waals surface area contributed by atoms with Gasteiger partial charge in [-0.1, -0.05) is 57.4 Å². The first kappa shape index (κ1) is 18.7. The van der Waals surface area contributed by atoms with Crippen LogP contribution in [0.3, 0.4) is 0 Å². The minimum atomic E-state index is -0.119. The van der Waals surface area contributed by atoms with E-state index in [1.165, 1.54) is 25.7 Å². The van der Waals surface area contributed by atoms with Crippen LogP contribution in [0.4, 0.5) is 8.78 Å². The van der Waals surface area contributed by atoms with Crippen molar-refractivity contribution in [2.45, 2.75) is 77.6 Å². The van der Waals surface area contributed by atoms with Crippen LogP contribution in [-0.2, 0) is 12.8 Å². The number of hydrogen-bond donors (Lipinski definition) is 0. The Morgan fingerprint density at radius 3 is 2.15 bits per heavy atom. The predicted octanol–water partition coefficient (Wildman–Crippen LogP) is 7.56. The monoisotopic (exact) mass is 368 g/mol. The molecule has 0 aliphatic heterocycles. The molecule has 27 heavy (non-hydrogen) atoms. The van der Waals surface area contributed by atoms with Gasteiger partial charge in [0.1, 0.15) is 11.6 Å². The van der Waals surface area contributed by atoms with Gasteiger partial charge in [-0.2, -0.15) is 0 Å². The van der Waals surface area contributed by atoms with Crippen molar-refractivity contribution in [1.29, 1.82) is 0 Å². The number of benzene rings is 2. The standard InChI is InChI=1S/C25H30F2/c1-3-5-16-7-9-17(10-8-16)19-13-14-21-20-12-11-18(6-4-2)24(26)22(20)15-23(21)25(19)27/h11-14,16-17H,3-10,15H2,1-2H3/t16-,17-. The summed E-state index contributed by atoms with van der Waals surface area (Å²) in [5.74, 6) is 0.956. The first-order chi connectivity index (χ1) is 13.1. The average molecular weight is 369 g/mol. The molecule has 2 heteroatoms. The largest absolute Gasteiger partial charge is 0.206 e. The first-order valence-electron chi connectivity index (χ1n) is 10.8. The Hall–Kier alpha value is -1.70.